The quantitative estimate of drug-likeness (QED) is 0.505. The van der Waals surface area contributed by atoms with Crippen molar-refractivity contribution in [3.63, 3.8) is 0 Å². The van der Waals surface area contributed by atoms with Crippen LogP contribution in [0.3, 0.4) is 0 Å². The number of likely N-dealkylation sites (N-methyl/N-ethyl adjacent to an activating group) is 1. The highest BCUT2D eigenvalue weighted by Crippen LogP contribution is 2.36. The molecule has 0 spiro atoms. The Labute approximate surface area is 206 Å². The first-order chi connectivity index (χ1) is 16.8. The lowest BCUT2D eigenvalue weighted by atomic mass is 10.0. The molecular weight excluding hydrogens is 486 g/mol. The zero-order valence-corrected chi connectivity index (χ0v) is 20.4. The monoisotopic (exact) mass is 516 g/mol. The van der Waals surface area contributed by atoms with Crippen molar-refractivity contribution in [1.29, 1.82) is 0 Å². The molecule has 1 saturated heterocycles. The van der Waals surface area contributed by atoms with E-state index in [1.54, 1.807) is 0 Å². The Morgan fingerprint density at radius 1 is 0.861 bits per heavy atom. The van der Waals surface area contributed by atoms with E-state index in [0.717, 1.165) is 18.7 Å². The molecule has 0 aromatic heterocycles. The minimum absolute atomic E-state index is 0.0293. The van der Waals surface area contributed by atoms with Gasteiger partial charge in [0, 0.05) is 53.9 Å². The van der Waals surface area contributed by atoms with E-state index in [0.29, 0.717) is 25.2 Å². The lowest BCUT2D eigenvalue weighted by Crippen LogP contribution is -2.54. The van der Waals surface area contributed by atoms with Gasteiger partial charge in [0.2, 0.25) is 5.91 Å². The van der Waals surface area contributed by atoms with Gasteiger partial charge in [-0.15, -0.1) is 0 Å². The third-order valence-electron chi connectivity index (χ3n) is 6.33. The molecule has 0 saturated carbocycles. The molecule has 5 nitrogen and oxygen atoms in total. The van der Waals surface area contributed by atoms with Gasteiger partial charge in [-0.05, 0) is 35.7 Å². The fourth-order valence-electron chi connectivity index (χ4n) is 4.29. The van der Waals surface area contributed by atoms with E-state index in [-0.39, 0.29) is 30.5 Å². The van der Waals surface area contributed by atoms with Crippen molar-refractivity contribution in [3.8, 4) is 0 Å². The van der Waals surface area contributed by atoms with Gasteiger partial charge in [0.05, 0.1) is 11.1 Å². The third kappa shape index (κ3) is 6.98. The van der Waals surface area contributed by atoms with Crippen LogP contribution in [-0.2, 0) is 23.6 Å². The van der Waals surface area contributed by atoms with Gasteiger partial charge < -0.3 is 4.90 Å². The van der Waals surface area contributed by atoms with Crippen LogP contribution in [0.25, 0.3) is 0 Å². The molecule has 198 valence electrons. The summed E-state index contributed by atoms with van der Waals surface area (Å²) in [5.74, 6) is -0.262. The summed E-state index contributed by atoms with van der Waals surface area (Å²) in [7, 11) is 5.41. The Kier molecular flexibility index (Phi) is 8.68. The number of hydrogen-bond acceptors (Lipinski definition) is 4. The fraction of sp³-hybridized carbons (Fsp3) is 0.480. The molecule has 2 aromatic carbocycles. The van der Waals surface area contributed by atoms with Crippen LogP contribution >= 0.6 is 0 Å². The summed E-state index contributed by atoms with van der Waals surface area (Å²) in [6.07, 6.45) is -9.97. The molecule has 36 heavy (non-hydrogen) atoms. The van der Waals surface area contributed by atoms with E-state index in [2.05, 4.69) is 9.91 Å². The fourth-order valence-corrected chi connectivity index (χ4v) is 4.29. The second kappa shape index (κ2) is 11.2. The summed E-state index contributed by atoms with van der Waals surface area (Å²) in [5.41, 5.74) is -2.07. The maximum Gasteiger partial charge on any atom is 0.416 e. The van der Waals surface area contributed by atoms with Crippen molar-refractivity contribution < 1.29 is 31.1 Å². The van der Waals surface area contributed by atoms with Gasteiger partial charge in [0.1, 0.15) is 6.04 Å². The highest BCUT2D eigenvalue weighted by atomic mass is 19.4. The molecule has 3 rings (SSSR count). The van der Waals surface area contributed by atoms with Crippen LogP contribution in [0.1, 0.15) is 28.3 Å². The Balaban J connectivity index is 1.79. The van der Waals surface area contributed by atoms with E-state index in [4.69, 9.17) is 0 Å². The maximum absolute atomic E-state index is 13.5. The number of amides is 1. The molecule has 2 aromatic rings. The van der Waals surface area contributed by atoms with E-state index in [9.17, 15) is 31.1 Å². The van der Waals surface area contributed by atoms with Gasteiger partial charge in [-0.3, -0.25) is 9.69 Å². The van der Waals surface area contributed by atoms with Crippen LogP contribution < -0.4 is 0 Å². The van der Waals surface area contributed by atoms with Crippen LogP contribution in [0.4, 0.5) is 26.3 Å². The van der Waals surface area contributed by atoms with Gasteiger partial charge >= 0.3 is 12.4 Å². The number of piperazine rings is 1. The minimum atomic E-state index is -4.91. The van der Waals surface area contributed by atoms with Crippen LogP contribution in [0.15, 0.2) is 48.5 Å². The highest BCUT2D eigenvalue weighted by molar-refractivity contribution is 5.83. The summed E-state index contributed by atoms with van der Waals surface area (Å²) in [6, 6.07) is 10.1. The zero-order valence-electron chi connectivity index (χ0n) is 20.4. The second-order valence-electron chi connectivity index (χ2n) is 9.07. The SMILES string of the molecule is CN(CCc1cc(C(F)(F)F)cc(C(F)(F)F)c1)C(=O)C(c1ccccc1)N1CCN(N(C)C)CC1. The van der Waals surface area contributed by atoms with Crippen molar-refractivity contribution >= 4 is 5.91 Å². The van der Waals surface area contributed by atoms with Crippen molar-refractivity contribution in [2.75, 3.05) is 53.9 Å². The average molecular weight is 517 g/mol. The van der Waals surface area contributed by atoms with Crippen LogP contribution in [0, 0.1) is 0 Å². The number of halogens is 6. The molecule has 1 atom stereocenters. The molecular formula is C25H30F6N4O. The number of hydrazine groups is 1. The topological polar surface area (TPSA) is 30.0 Å². The Bertz CT molecular complexity index is 985. The Morgan fingerprint density at radius 3 is 1.86 bits per heavy atom. The third-order valence-corrected chi connectivity index (χ3v) is 6.33. The normalized spacial score (nSPS) is 16.8. The van der Waals surface area contributed by atoms with E-state index < -0.39 is 29.5 Å². The minimum Gasteiger partial charge on any atom is -0.344 e. The number of benzene rings is 2. The first-order valence-electron chi connectivity index (χ1n) is 11.5. The van der Waals surface area contributed by atoms with Gasteiger partial charge in [-0.1, -0.05) is 30.3 Å². The van der Waals surface area contributed by atoms with Crippen molar-refractivity contribution in [2.45, 2.75) is 24.8 Å². The van der Waals surface area contributed by atoms with E-state index >= 15 is 0 Å². The van der Waals surface area contributed by atoms with Gasteiger partial charge in [-0.25, -0.2) is 10.0 Å². The molecule has 1 aliphatic heterocycles. The number of hydrogen-bond donors (Lipinski definition) is 0. The summed E-state index contributed by atoms with van der Waals surface area (Å²) in [6.45, 7) is 2.66. The standard InChI is InChI=1S/C25H30F6N4O/c1-32(2)35-13-11-34(12-14-35)22(19-7-5-4-6-8-19)23(36)33(3)10-9-18-15-20(24(26,27)28)17-21(16-18)25(29,30)31/h4-8,15-17,22H,9-14H2,1-3H3. The molecule has 1 amide bonds. The average Bonchev–Trinajstić information content (AvgIpc) is 2.82. The number of alkyl halides is 6. The number of carbonyl (C=O) groups excluding carboxylic acids is 1. The van der Waals surface area contributed by atoms with Crippen LogP contribution in [0.2, 0.25) is 0 Å². The Morgan fingerprint density at radius 2 is 1.39 bits per heavy atom. The first-order valence-corrected chi connectivity index (χ1v) is 11.5. The molecule has 0 N–H and O–H groups in total. The summed E-state index contributed by atoms with van der Waals surface area (Å²) in [5, 5.41) is 4.14. The molecule has 0 aliphatic carbocycles. The predicted molar refractivity (Wildman–Crippen MR) is 124 cm³/mol. The molecule has 0 radical (unpaired) electrons. The van der Waals surface area contributed by atoms with Crippen molar-refractivity contribution in [3.05, 3.63) is 70.8 Å². The van der Waals surface area contributed by atoms with Crippen LogP contribution in [-0.4, -0.2) is 79.6 Å². The molecule has 1 heterocycles. The number of carbonyl (C=O) groups is 1. The lowest BCUT2D eigenvalue weighted by molar-refractivity contribution is -0.143. The van der Waals surface area contributed by atoms with Crippen molar-refractivity contribution in [2.24, 2.45) is 0 Å². The van der Waals surface area contributed by atoms with Crippen LogP contribution in [0.5, 0.6) is 0 Å². The van der Waals surface area contributed by atoms with Crippen molar-refractivity contribution in [1.82, 2.24) is 19.8 Å². The smallest absolute Gasteiger partial charge is 0.344 e. The summed E-state index contributed by atoms with van der Waals surface area (Å²) >= 11 is 0. The molecule has 1 fully saturated rings. The number of rotatable bonds is 7. The maximum atomic E-state index is 13.5. The molecule has 0 bridgehead atoms. The van der Waals surface area contributed by atoms with Gasteiger partial charge in [0.25, 0.3) is 0 Å². The largest absolute Gasteiger partial charge is 0.416 e. The first kappa shape index (κ1) is 27.9. The lowest BCUT2D eigenvalue weighted by Gasteiger charge is -2.41. The van der Waals surface area contributed by atoms with Gasteiger partial charge in [-0.2, -0.15) is 26.3 Å². The molecule has 1 unspecified atom stereocenters. The summed E-state index contributed by atoms with van der Waals surface area (Å²) < 4.78 is 79.2. The van der Waals surface area contributed by atoms with E-state index in [1.165, 1.54) is 11.9 Å². The van der Waals surface area contributed by atoms with Gasteiger partial charge in [0.15, 0.2) is 0 Å². The highest BCUT2D eigenvalue weighted by Gasteiger charge is 2.37. The predicted octanol–water partition coefficient (Wildman–Crippen LogP) is 4.56. The zero-order chi connectivity index (χ0) is 26.7. The Hall–Kier alpha value is -2.63. The number of nitrogens with zero attached hydrogens (tertiary/aromatic N) is 4. The molecule has 1 aliphatic rings. The second-order valence-corrected chi connectivity index (χ2v) is 9.07. The van der Waals surface area contributed by atoms with E-state index in [1.807, 2.05) is 49.4 Å². The molecule has 11 heteroatoms. The summed E-state index contributed by atoms with van der Waals surface area (Å²) in [4.78, 5) is 17.0.